The summed E-state index contributed by atoms with van der Waals surface area (Å²) in [6, 6.07) is 100. The van der Waals surface area contributed by atoms with Crippen LogP contribution in [0, 0.1) is 0 Å². The first-order valence-electron chi connectivity index (χ1n) is 24.2. The van der Waals surface area contributed by atoms with E-state index in [1.54, 1.807) is 0 Å². The molecule has 2 aliphatic carbocycles. The third-order valence-electron chi connectivity index (χ3n) is 14.7. The van der Waals surface area contributed by atoms with E-state index in [2.05, 4.69) is 287 Å². The van der Waals surface area contributed by atoms with Crippen LogP contribution in [0.1, 0.15) is 22.3 Å². The Bertz CT molecular complexity index is 3910. The van der Waals surface area contributed by atoms with Gasteiger partial charge in [-0.25, -0.2) is 0 Å². The first-order valence-corrected chi connectivity index (χ1v) is 24.2. The SMILES string of the molecule is c1ccc(-c2cccc(N(c3ccc4c(c3)-c3ccccc3C43c4ccccc4-c4ccc(N(c5ccccc5)c5ccccc5)cc43)c3ccc4c5ccccc5n(-c5ccccc5)c4c3)c2)cc1. The number of nitrogens with zero attached hydrogens (tertiary/aromatic N) is 3. The summed E-state index contributed by atoms with van der Waals surface area (Å²) >= 11 is 0. The van der Waals surface area contributed by atoms with Crippen molar-refractivity contribution in [3.63, 3.8) is 0 Å². The van der Waals surface area contributed by atoms with Crippen LogP contribution in [0.4, 0.5) is 34.1 Å². The molecule has 1 unspecified atom stereocenters. The van der Waals surface area contributed by atoms with Crippen LogP contribution in [0.15, 0.2) is 273 Å². The Labute approximate surface area is 408 Å². The minimum atomic E-state index is -0.543. The van der Waals surface area contributed by atoms with Crippen LogP contribution in [0.3, 0.4) is 0 Å². The summed E-state index contributed by atoms with van der Waals surface area (Å²) in [5.41, 5.74) is 22.2. The van der Waals surface area contributed by atoms with Gasteiger partial charge >= 0.3 is 0 Å². The molecule has 11 aromatic carbocycles. The topological polar surface area (TPSA) is 11.4 Å². The lowest BCUT2D eigenvalue weighted by atomic mass is 9.70. The van der Waals surface area contributed by atoms with Gasteiger partial charge in [0.1, 0.15) is 0 Å². The molecular formula is C67H45N3. The van der Waals surface area contributed by atoms with Crippen LogP contribution in [0.25, 0.3) is 60.9 Å². The fraction of sp³-hybridized carbons (Fsp3) is 0.0149. The molecule has 1 spiro atoms. The fourth-order valence-corrected chi connectivity index (χ4v) is 11.9. The monoisotopic (exact) mass is 891 g/mol. The highest BCUT2D eigenvalue weighted by Gasteiger charge is 2.52. The largest absolute Gasteiger partial charge is 0.310 e. The molecule has 70 heavy (non-hydrogen) atoms. The zero-order valence-corrected chi connectivity index (χ0v) is 38.3. The van der Waals surface area contributed by atoms with E-state index in [4.69, 9.17) is 0 Å². The number of para-hydroxylation sites is 4. The molecule has 2 aliphatic rings. The van der Waals surface area contributed by atoms with Crippen molar-refractivity contribution in [2.75, 3.05) is 9.80 Å². The van der Waals surface area contributed by atoms with E-state index in [0.29, 0.717) is 0 Å². The van der Waals surface area contributed by atoms with Gasteiger partial charge in [-0.3, -0.25) is 0 Å². The Morgan fingerprint density at radius 1 is 0.257 bits per heavy atom. The molecule has 328 valence electrons. The maximum Gasteiger partial charge on any atom is 0.0726 e. The van der Waals surface area contributed by atoms with Crippen molar-refractivity contribution in [3.8, 4) is 39.1 Å². The second kappa shape index (κ2) is 16.0. The van der Waals surface area contributed by atoms with Crippen molar-refractivity contribution in [1.82, 2.24) is 4.57 Å². The lowest BCUT2D eigenvalue weighted by Crippen LogP contribution is -2.26. The van der Waals surface area contributed by atoms with Crippen LogP contribution in [-0.2, 0) is 5.41 Å². The molecule has 3 nitrogen and oxygen atoms in total. The summed E-state index contributed by atoms with van der Waals surface area (Å²) in [7, 11) is 0. The molecule has 14 rings (SSSR count). The third-order valence-corrected chi connectivity index (χ3v) is 14.7. The standard InChI is InChI=1S/C67H45N3/c1-5-20-46(21-6-1)47-22-19-29-51(42-47)69(54-37-40-59-58-32-15-18-35-65(58)70(66(59)45-54)50-27-11-4-12-28-50)52-38-41-63-60(43-52)56-31-14-17-34-62(56)67(63)61-33-16-13-30-55(61)57-39-36-53(44-64(57)67)68(48-23-7-2-8-24-48)49-25-9-3-10-26-49/h1-45H. The number of rotatable bonds is 8. The lowest BCUT2D eigenvalue weighted by Gasteiger charge is -2.32. The molecule has 0 saturated heterocycles. The number of aromatic nitrogens is 1. The van der Waals surface area contributed by atoms with Crippen molar-refractivity contribution >= 4 is 55.9 Å². The first-order chi connectivity index (χ1) is 34.7. The molecule has 0 amide bonds. The molecular weight excluding hydrogens is 847 g/mol. The lowest BCUT2D eigenvalue weighted by molar-refractivity contribution is 0.793. The number of anilines is 6. The van der Waals surface area contributed by atoms with Gasteiger partial charge in [0.25, 0.3) is 0 Å². The zero-order chi connectivity index (χ0) is 46.2. The number of benzene rings is 11. The molecule has 3 heteroatoms. The summed E-state index contributed by atoms with van der Waals surface area (Å²) in [6.45, 7) is 0. The summed E-state index contributed by atoms with van der Waals surface area (Å²) in [5, 5.41) is 2.46. The summed E-state index contributed by atoms with van der Waals surface area (Å²) in [5.74, 6) is 0. The average Bonchev–Trinajstić information content (AvgIpc) is 4.03. The molecule has 0 radical (unpaired) electrons. The summed E-state index contributed by atoms with van der Waals surface area (Å²) in [4.78, 5) is 4.84. The maximum absolute atomic E-state index is 2.47. The van der Waals surface area contributed by atoms with Crippen molar-refractivity contribution in [1.29, 1.82) is 0 Å². The van der Waals surface area contributed by atoms with Crippen LogP contribution in [-0.4, -0.2) is 4.57 Å². The Kier molecular flexibility index (Phi) is 9.11. The third kappa shape index (κ3) is 6.01. The van der Waals surface area contributed by atoms with Crippen molar-refractivity contribution in [2.45, 2.75) is 5.41 Å². The highest BCUT2D eigenvalue weighted by atomic mass is 15.1. The molecule has 1 aromatic heterocycles. The van der Waals surface area contributed by atoms with Gasteiger partial charge in [-0.05, 0) is 147 Å². The van der Waals surface area contributed by atoms with Crippen molar-refractivity contribution < 1.29 is 0 Å². The molecule has 0 bridgehead atoms. The Balaban J connectivity index is 1.00. The van der Waals surface area contributed by atoms with Gasteiger partial charge in [-0.2, -0.15) is 0 Å². The summed E-state index contributed by atoms with van der Waals surface area (Å²) < 4.78 is 2.41. The highest BCUT2D eigenvalue weighted by molar-refractivity contribution is 6.10. The molecule has 0 aliphatic heterocycles. The molecule has 0 N–H and O–H groups in total. The first kappa shape index (κ1) is 39.9. The van der Waals surface area contributed by atoms with Crippen LogP contribution < -0.4 is 9.80 Å². The molecule has 1 heterocycles. The zero-order valence-electron chi connectivity index (χ0n) is 38.3. The Morgan fingerprint density at radius 3 is 1.46 bits per heavy atom. The second-order valence-electron chi connectivity index (χ2n) is 18.4. The predicted molar refractivity (Wildman–Crippen MR) is 292 cm³/mol. The van der Waals surface area contributed by atoms with E-state index in [9.17, 15) is 0 Å². The Morgan fingerprint density at radius 2 is 0.729 bits per heavy atom. The molecule has 12 aromatic rings. The fourth-order valence-electron chi connectivity index (χ4n) is 11.9. The summed E-state index contributed by atoms with van der Waals surface area (Å²) in [6.07, 6.45) is 0. The van der Waals surface area contributed by atoms with E-state index in [1.165, 1.54) is 71.9 Å². The minimum Gasteiger partial charge on any atom is -0.310 e. The molecule has 1 atom stereocenters. The van der Waals surface area contributed by atoms with Crippen molar-refractivity contribution in [2.24, 2.45) is 0 Å². The van der Waals surface area contributed by atoms with Gasteiger partial charge in [0.2, 0.25) is 0 Å². The Hall–Kier alpha value is -9.18. The second-order valence-corrected chi connectivity index (χ2v) is 18.4. The van der Waals surface area contributed by atoms with E-state index in [-0.39, 0.29) is 0 Å². The minimum absolute atomic E-state index is 0.543. The van der Waals surface area contributed by atoms with Crippen LogP contribution >= 0.6 is 0 Å². The van der Waals surface area contributed by atoms with Gasteiger partial charge in [0, 0.05) is 50.6 Å². The van der Waals surface area contributed by atoms with Gasteiger partial charge < -0.3 is 14.4 Å². The average molecular weight is 892 g/mol. The molecule has 0 saturated carbocycles. The predicted octanol–water partition coefficient (Wildman–Crippen LogP) is 17.7. The maximum atomic E-state index is 2.47. The van der Waals surface area contributed by atoms with E-state index >= 15 is 0 Å². The van der Waals surface area contributed by atoms with E-state index in [1.807, 2.05) is 0 Å². The smallest absolute Gasteiger partial charge is 0.0726 e. The van der Waals surface area contributed by atoms with Crippen LogP contribution in [0.5, 0.6) is 0 Å². The van der Waals surface area contributed by atoms with Gasteiger partial charge in [0.15, 0.2) is 0 Å². The van der Waals surface area contributed by atoms with Gasteiger partial charge in [-0.1, -0.05) is 182 Å². The normalized spacial score (nSPS) is 14.1. The molecule has 0 fully saturated rings. The highest BCUT2D eigenvalue weighted by Crippen LogP contribution is 2.64. The number of hydrogen-bond acceptors (Lipinski definition) is 2. The number of hydrogen-bond donors (Lipinski definition) is 0. The van der Waals surface area contributed by atoms with E-state index < -0.39 is 5.41 Å². The van der Waals surface area contributed by atoms with Crippen molar-refractivity contribution in [3.05, 3.63) is 295 Å². The number of fused-ring (bicyclic) bond motifs is 13. The quantitative estimate of drug-likeness (QED) is 0.151. The van der Waals surface area contributed by atoms with E-state index in [0.717, 1.165) is 45.3 Å². The van der Waals surface area contributed by atoms with Gasteiger partial charge in [-0.15, -0.1) is 0 Å². The van der Waals surface area contributed by atoms with Gasteiger partial charge in [0.05, 0.1) is 16.4 Å². The van der Waals surface area contributed by atoms with Crippen LogP contribution in [0.2, 0.25) is 0 Å².